The molecule has 0 bridgehead atoms. The molecule has 2 rings (SSSR count). The Morgan fingerprint density at radius 2 is 2.24 bits per heavy atom. The predicted octanol–water partition coefficient (Wildman–Crippen LogP) is 4.25. The van der Waals surface area contributed by atoms with Crippen LogP contribution in [0.2, 0.25) is 5.02 Å². The maximum Gasteiger partial charge on any atom is 0.147 e. The minimum atomic E-state index is -1.13. The van der Waals surface area contributed by atoms with E-state index >= 15 is 0 Å². The Kier molecular flexibility index (Phi) is 6.03. The number of rotatable bonds is 6. The first-order valence-corrected chi connectivity index (χ1v) is 8.35. The topological polar surface area (TPSA) is 32.3 Å². The zero-order valence-electron chi connectivity index (χ0n) is 12.7. The lowest BCUT2D eigenvalue weighted by Crippen LogP contribution is -2.44. The van der Waals surface area contributed by atoms with E-state index in [9.17, 15) is 9.50 Å². The van der Waals surface area contributed by atoms with Crippen molar-refractivity contribution in [2.45, 2.75) is 51.0 Å². The van der Waals surface area contributed by atoms with Crippen molar-refractivity contribution in [2.24, 2.45) is 5.92 Å². The first-order chi connectivity index (χ1) is 10.1. The molecular weight excluding hydrogens is 289 g/mol. The van der Waals surface area contributed by atoms with Gasteiger partial charge in [0, 0.05) is 18.0 Å². The summed E-state index contributed by atoms with van der Waals surface area (Å²) in [4.78, 5) is 0. The van der Waals surface area contributed by atoms with E-state index in [0.29, 0.717) is 12.0 Å². The van der Waals surface area contributed by atoms with E-state index in [-0.39, 0.29) is 10.9 Å². The van der Waals surface area contributed by atoms with E-state index < -0.39 is 11.4 Å². The van der Waals surface area contributed by atoms with E-state index in [2.05, 4.69) is 12.2 Å². The van der Waals surface area contributed by atoms with E-state index in [1.165, 1.54) is 6.07 Å². The predicted molar refractivity (Wildman–Crippen MR) is 85.0 cm³/mol. The Morgan fingerprint density at radius 3 is 2.90 bits per heavy atom. The average molecular weight is 314 g/mol. The standard InChI is InChI=1S/C17H25ClFNO/c1-2-3-4-10-17(21,13-7-6-11-20-12-13)14-8-5-9-15(18)16(14)19/h5,8-9,13,20-21H,2-4,6-7,10-12H2,1H3/t13-,17+/m1/s1. The van der Waals surface area contributed by atoms with Gasteiger partial charge >= 0.3 is 0 Å². The van der Waals surface area contributed by atoms with Gasteiger partial charge in [0.05, 0.1) is 10.6 Å². The first-order valence-electron chi connectivity index (χ1n) is 7.97. The summed E-state index contributed by atoms with van der Waals surface area (Å²) in [6.07, 6.45) is 5.55. The maximum absolute atomic E-state index is 14.4. The average Bonchev–Trinajstić information content (AvgIpc) is 2.51. The van der Waals surface area contributed by atoms with Crippen LogP contribution in [0.15, 0.2) is 18.2 Å². The van der Waals surface area contributed by atoms with Crippen LogP contribution in [0.4, 0.5) is 4.39 Å². The normalized spacial score (nSPS) is 22.0. The molecule has 0 spiro atoms. The molecule has 4 heteroatoms. The van der Waals surface area contributed by atoms with Gasteiger partial charge in [-0.1, -0.05) is 49.9 Å². The Morgan fingerprint density at radius 1 is 1.43 bits per heavy atom. The summed E-state index contributed by atoms with van der Waals surface area (Å²) in [5.74, 6) is -0.431. The molecule has 0 amide bonds. The molecule has 0 aliphatic carbocycles. The molecule has 1 aromatic carbocycles. The highest BCUT2D eigenvalue weighted by atomic mass is 35.5. The van der Waals surface area contributed by atoms with Crippen molar-refractivity contribution < 1.29 is 9.50 Å². The van der Waals surface area contributed by atoms with Crippen molar-refractivity contribution >= 4 is 11.6 Å². The number of hydrogen-bond acceptors (Lipinski definition) is 2. The van der Waals surface area contributed by atoms with Gasteiger partial charge in [-0.25, -0.2) is 4.39 Å². The van der Waals surface area contributed by atoms with Gasteiger partial charge in [-0.2, -0.15) is 0 Å². The zero-order valence-corrected chi connectivity index (χ0v) is 13.4. The van der Waals surface area contributed by atoms with E-state index in [1.54, 1.807) is 12.1 Å². The highest BCUT2D eigenvalue weighted by Crippen LogP contribution is 2.40. The highest BCUT2D eigenvalue weighted by molar-refractivity contribution is 6.30. The molecule has 1 aliphatic heterocycles. The summed E-state index contributed by atoms with van der Waals surface area (Å²) in [6, 6.07) is 4.94. The molecule has 2 N–H and O–H groups in total. The second kappa shape index (κ2) is 7.57. The van der Waals surface area contributed by atoms with Crippen molar-refractivity contribution in [1.82, 2.24) is 5.32 Å². The number of aliphatic hydroxyl groups is 1. The molecule has 1 aromatic rings. The molecule has 1 fully saturated rings. The summed E-state index contributed by atoms with van der Waals surface area (Å²) in [5, 5.41) is 14.7. The van der Waals surface area contributed by atoms with Crippen LogP contribution in [0, 0.1) is 11.7 Å². The van der Waals surface area contributed by atoms with Crippen LogP contribution in [-0.2, 0) is 5.60 Å². The number of benzene rings is 1. The van der Waals surface area contributed by atoms with Crippen molar-refractivity contribution in [1.29, 1.82) is 0 Å². The SMILES string of the molecule is CCCCC[C@@](O)(c1cccc(Cl)c1F)[C@@H]1CCCNC1. The summed E-state index contributed by atoms with van der Waals surface area (Å²) >= 11 is 5.92. The number of nitrogens with one attached hydrogen (secondary N) is 1. The number of hydrogen-bond donors (Lipinski definition) is 2. The molecule has 1 aliphatic rings. The molecule has 21 heavy (non-hydrogen) atoms. The van der Waals surface area contributed by atoms with Crippen LogP contribution in [0.1, 0.15) is 51.0 Å². The lowest BCUT2D eigenvalue weighted by molar-refractivity contribution is -0.0452. The fourth-order valence-electron chi connectivity index (χ4n) is 3.30. The first kappa shape index (κ1) is 16.7. The Bertz CT molecular complexity index is 462. The van der Waals surface area contributed by atoms with Crippen molar-refractivity contribution in [3.05, 3.63) is 34.6 Å². The van der Waals surface area contributed by atoms with Crippen molar-refractivity contribution in [2.75, 3.05) is 13.1 Å². The van der Waals surface area contributed by atoms with E-state index in [0.717, 1.165) is 45.2 Å². The molecule has 0 unspecified atom stereocenters. The molecule has 118 valence electrons. The molecule has 0 aromatic heterocycles. The second-order valence-corrected chi connectivity index (χ2v) is 6.43. The number of piperidine rings is 1. The molecule has 2 atom stereocenters. The molecule has 0 radical (unpaired) electrons. The lowest BCUT2D eigenvalue weighted by Gasteiger charge is -2.39. The van der Waals surface area contributed by atoms with Crippen LogP contribution in [0.3, 0.4) is 0 Å². The van der Waals surface area contributed by atoms with Crippen LogP contribution >= 0.6 is 11.6 Å². The van der Waals surface area contributed by atoms with E-state index in [1.807, 2.05) is 0 Å². The molecule has 0 saturated carbocycles. The Balaban J connectivity index is 2.31. The summed E-state index contributed by atoms with van der Waals surface area (Å²) in [6.45, 7) is 3.83. The lowest BCUT2D eigenvalue weighted by atomic mass is 9.74. The fraction of sp³-hybridized carbons (Fsp3) is 0.647. The van der Waals surface area contributed by atoms with E-state index in [4.69, 9.17) is 11.6 Å². The largest absolute Gasteiger partial charge is 0.385 e. The van der Waals surface area contributed by atoms with Gasteiger partial charge < -0.3 is 10.4 Å². The smallest absolute Gasteiger partial charge is 0.147 e. The summed E-state index contributed by atoms with van der Waals surface area (Å²) < 4.78 is 14.4. The highest BCUT2D eigenvalue weighted by Gasteiger charge is 2.40. The third-order valence-electron chi connectivity index (χ3n) is 4.55. The van der Waals surface area contributed by atoms with Crippen molar-refractivity contribution in [3.63, 3.8) is 0 Å². The van der Waals surface area contributed by atoms with Gasteiger partial charge in [0.25, 0.3) is 0 Å². The Labute approximate surface area is 131 Å². The van der Waals surface area contributed by atoms with Crippen molar-refractivity contribution in [3.8, 4) is 0 Å². The van der Waals surface area contributed by atoms with Gasteiger partial charge in [0.15, 0.2) is 0 Å². The third kappa shape index (κ3) is 3.77. The van der Waals surface area contributed by atoms with Crippen LogP contribution < -0.4 is 5.32 Å². The number of halogens is 2. The van der Waals surface area contributed by atoms with Gasteiger partial charge in [-0.05, 0) is 31.9 Å². The van der Waals surface area contributed by atoms with Gasteiger partial charge in [-0.3, -0.25) is 0 Å². The van der Waals surface area contributed by atoms with Crippen LogP contribution in [0.25, 0.3) is 0 Å². The maximum atomic E-state index is 14.4. The second-order valence-electron chi connectivity index (χ2n) is 6.03. The molecule has 2 nitrogen and oxygen atoms in total. The zero-order chi connectivity index (χ0) is 15.3. The van der Waals surface area contributed by atoms with Gasteiger partial charge in [0.2, 0.25) is 0 Å². The quantitative estimate of drug-likeness (QED) is 0.770. The Hall–Kier alpha value is -0.640. The molecule has 1 heterocycles. The summed E-state index contributed by atoms with van der Waals surface area (Å²) in [5.41, 5.74) is -0.766. The van der Waals surface area contributed by atoms with Crippen LogP contribution in [0.5, 0.6) is 0 Å². The number of unbranched alkanes of at least 4 members (excludes halogenated alkanes) is 2. The van der Waals surface area contributed by atoms with Gasteiger partial charge in [0.1, 0.15) is 5.82 Å². The third-order valence-corrected chi connectivity index (χ3v) is 4.84. The van der Waals surface area contributed by atoms with Gasteiger partial charge in [-0.15, -0.1) is 0 Å². The minimum absolute atomic E-state index is 0.0380. The van der Waals surface area contributed by atoms with Crippen LogP contribution in [-0.4, -0.2) is 18.2 Å². The molecule has 1 saturated heterocycles. The monoisotopic (exact) mass is 313 g/mol. The minimum Gasteiger partial charge on any atom is -0.385 e. The molecular formula is C17H25ClFNO. The fourth-order valence-corrected chi connectivity index (χ4v) is 3.48. The summed E-state index contributed by atoms with van der Waals surface area (Å²) in [7, 11) is 0.